The van der Waals surface area contributed by atoms with E-state index in [4.69, 9.17) is 10.5 Å². The lowest BCUT2D eigenvalue weighted by atomic mass is 10.0. The molecule has 1 fully saturated rings. The fourth-order valence-electron chi connectivity index (χ4n) is 2.78. The first-order valence-electron chi connectivity index (χ1n) is 8.30. The van der Waals surface area contributed by atoms with Crippen LogP contribution in [0.5, 0.6) is 0 Å². The summed E-state index contributed by atoms with van der Waals surface area (Å²) in [5, 5.41) is 5.63. The molecule has 1 heterocycles. The summed E-state index contributed by atoms with van der Waals surface area (Å²) in [5.41, 5.74) is 6.96. The summed E-state index contributed by atoms with van der Waals surface area (Å²) in [7, 11) is 1.58. The molecule has 1 aromatic rings. The number of likely N-dealkylation sites (tertiary alicyclic amines) is 1. The number of urea groups is 1. The maximum atomic E-state index is 12.4. The summed E-state index contributed by atoms with van der Waals surface area (Å²) in [6.07, 6.45) is 3.06. The molecule has 0 spiro atoms. The Balaban J connectivity index is 1.91. The van der Waals surface area contributed by atoms with Crippen LogP contribution in [-0.4, -0.2) is 56.2 Å². The molecule has 4 N–H and O–H groups in total. The lowest BCUT2D eigenvalue weighted by molar-refractivity contribution is 0.0937. The lowest BCUT2D eigenvalue weighted by Gasteiger charge is -2.34. The van der Waals surface area contributed by atoms with Crippen molar-refractivity contribution in [2.24, 2.45) is 5.73 Å². The van der Waals surface area contributed by atoms with Crippen LogP contribution in [-0.2, 0) is 4.74 Å². The number of nitrogens with two attached hydrogens (primary N) is 1. The largest absolute Gasteiger partial charge is 0.383 e. The number of nitrogens with zero attached hydrogens (tertiary/aromatic N) is 1. The van der Waals surface area contributed by atoms with Crippen LogP contribution in [0.15, 0.2) is 24.3 Å². The van der Waals surface area contributed by atoms with Gasteiger partial charge in [0, 0.05) is 44.0 Å². The second kappa shape index (κ2) is 9.24. The number of carbonyl (C=O) groups excluding carboxylic acids is 2. The molecule has 3 amide bonds. The first-order valence-corrected chi connectivity index (χ1v) is 8.30. The maximum Gasteiger partial charge on any atom is 0.322 e. The third-order valence-electron chi connectivity index (χ3n) is 4.15. The molecule has 0 aliphatic carbocycles. The Kier molecular flexibility index (Phi) is 7.02. The minimum atomic E-state index is -0.163. The van der Waals surface area contributed by atoms with Crippen molar-refractivity contribution in [3.8, 4) is 0 Å². The highest BCUT2D eigenvalue weighted by molar-refractivity contribution is 5.95. The van der Waals surface area contributed by atoms with Gasteiger partial charge < -0.3 is 26.0 Å². The summed E-state index contributed by atoms with van der Waals surface area (Å²) in [6.45, 7) is 2.14. The number of amides is 3. The number of ether oxygens (including phenoxy) is 1. The molecule has 1 saturated heterocycles. The third-order valence-corrected chi connectivity index (χ3v) is 4.15. The number of hydrogen-bond donors (Lipinski definition) is 3. The van der Waals surface area contributed by atoms with Gasteiger partial charge in [-0.2, -0.15) is 0 Å². The van der Waals surface area contributed by atoms with E-state index in [1.165, 1.54) is 0 Å². The molecule has 0 unspecified atom stereocenters. The second-order valence-corrected chi connectivity index (χ2v) is 5.83. The first kappa shape index (κ1) is 18.2. The van der Waals surface area contributed by atoms with E-state index < -0.39 is 0 Å². The van der Waals surface area contributed by atoms with Crippen molar-refractivity contribution in [3.63, 3.8) is 0 Å². The molecule has 2 rings (SSSR count). The highest BCUT2D eigenvalue weighted by Gasteiger charge is 2.25. The Bertz CT molecular complexity index is 547. The molecule has 132 valence electrons. The molecular weight excluding hydrogens is 308 g/mol. The predicted octanol–water partition coefficient (Wildman–Crippen LogP) is 1.41. The summed E-state index contributed by atoms with van der Waals surface area (Å²) in [5.74, 6) is -0.163. The van der Waals surface area contributed by atoms with E-state index in [0.717, 1.165) is 25.8 Å². The minimum Gasteiger partial charge on any atom is -0.383 e. The Labute approximate surface area is 142 Å². The third kappa shape index (κ3) is 4.94. The Hall–Kier alpha value is -2.12. The van der Waals surface area contributed by atoms with E-state index in [1.54, 1.807) is 36.3 Å². The number of piperidine rings is 1. The zero-order valence-electron chi connectivity index (χ0n) is 14.1. The van der Waals surface area contributed by atoms with Crippen molar-refractivity contribution < 1.29 is 14.3 Å². The van der Waals surface area contributed by atoms with E-state index in [2.05, 4.69) is 10.6 Å². The number of nitrogens with one attached hydrogen (secondary N) is 2. The SMILES string of the molecule is COCCNC(=O)c1ccc(NC(=O)N2CCCC[C@@H]2CN)cc1. The maximum absolute atomic E-state index is 12.4. The monoisotopic (exact) mass is 334 g/mol. The average Bonchev–Trinajstić information content (AvgIpc) is 2.62. The van der Waals surface area contributed by atoms with E-state index in [-0.39, 0.29) is 18.0 Å². The van der Waals surface area contributed by atoms with Crippen LogP contribution in [0.1, 0.15) is 29.6 Å². The number of hydrogen-bond acceptors (Lipinski definition) is 4. The Morgan fingerprint density at radius 1 is 1.29 bits per heavy atom. The summed E-state index contributed by atoms with van der Waals surface area (Å²) < 4.78 is 4.89. The Morgan fingerprint density at radius 2 is 2.04 bits per heavy atom. The molecule has 1 aromatic carbocycles. The predicted molar refractivity (Wildman–Crippen MR) is 93.1 cm³/mol. The van der Waals surface area contributed by atoms with Crippen molar-refractivity contribution in [2.75, 3.05) is 38.7 Å². The fourth-order valence-corrected chi connectivity index (χ4v) is 2.78. The van der Waals surface area contributed by atoms with Gasteiger partial charge in [-0.3, -0.25) is 4.79 Å². The lowest BCUT2D eigenvalue weighted by Crippen LogP contribution is -2.49. The highest BCUT2D eigenvalue weighted by Crippen LogP contribution is 2.18. The van der Waals surface area contributed by atoms with Crippen LogP contribution >= 0.6 is 0 Å². The minimum absolute atomic E-state index is 0.101. The normalized spacial score (nSPS) is 17.4. The van der Waals surface area contributed by atoms with E-state index in [1.807, 2.05) is 0 Å². The second-order valence-electron chi connectivity index (χ2n) is 5.83. The average molecular weight is 334 g/mol. The molecule has 0 saturated carbocycles. The first-order chi connectivity index (χ1) is 11.7. The van der Waals surface area contributed by atoms with Crippen molar-refractivity contribution in [1.29, 1.82) is 0 Å². The van der Waals surface area contributed by atoms with E-state index >= 15 is 0 Å². The smallest absolute Gasteiger partial charge is 0.322 e. The van der Waals surface area contributed by atoms with Crippen molar-refractivity contribution in [3.05, 3.63) is 29.8 Å². The van der Waals surface area contributed by atoms with E-state index in [0.29, 0.717) is 30.9 Å². The van der Waals surface area contributed by atoms with Gasteiger partial charge in [-0.25, -0.2) is 4.79 Å². The fraction of sp³-hybridized carbons (Fsp3) is 0.529. The zero-order chi connectivity index (χ0) is 17.4. The molecule has 1 aliphatic heterocycles. The van der Waals surface area contributed by atoms with Gasteiger partial charge in [0.2, 0.25) is 0 Å². The number of benzene rings is 1. The zero-order valence-corrected chi connectivity index (χ0v) is 14.1. The number of carbonyl (C=O) groups is 2. The standard InChI is InChI=1S/C17H26N4O3/c1-24-11-9-19-16(22)13-5-7-14(8-6-13)20-17(23)21-10-3-2-4-15(21)12-18/h5-8,15H,2-4,9-12,18H2,1H3,(H,19,22)(H,20,23)/t15-/m1/s1. The van der Waals surface area contributed by atoms with Crippen LogP contribution in [0.2, 0.25) is 0 Å². The summed E-state index contributed by atoms with van der Waals surface area (Å²) in [6, 6.07) is 6.80. The van der Waals surface area contributed by atoms with Gasteiger partial charge in [-0.15, -0.1) is 0 Å². The van der Waals surface area contributed by atoms with Gasteiger partial charge in [0.15, 0.2) is 0 Å². The van der Waals surface area contributed by atoms with Gasteiger partial charge in [0.25, 0.3) is 5.91 Å². The van der Waals surface area contributed by atoms with Crippen molar-refractivity contribution in [2.45, 2.75) is 25.3 Å². The highest BCUT2D eigenvalue weighted by atomic mass is 16.5. The van der Waals surface area contributed by atoms with Gasteiger partial charge >= 0.3 is 6.03 Å². The molecule has 1 atom stereocenters. The van der Waals surface area contributed by atoms with Crippen LogP contribution in [0.3, 0.4) is 0 Å². The number of anilines is 1. The van der Waals surface area contributed by atoms with Crippen LogP contribution < -0.4 is 16.4 Å². The number of methoxy groups -OCH3 is 1. The van der Waals surface area contributed by atoms with Crippen molar-refractivity contribution in [1.82, 2.24) is 10.2 Å². The molecule has 1 aliphatic rings. The Morgan fingerprint density at radius 3 is 2.71 bits per heavy atom. The van der Waals surface area contributed by atoms with Gasteiger partial charge in [0.1, 0.15) is 0 Å². The van der Waals surface area contributed by atoms with Gasteiger partial charge in [0.05, 0.1) is 6.61 Å². The van der Waals surface area contributed by atoms with Crippen LogP contribution in [0.4, 0.5) is 10.5 Å². The topological polar surface area (TPSA) is 96.7 Å². The van der Waals surface area contributed by atoms with Gasteiger partial charge in [-0.05, 0) is 43.5 Å². The van der Waals surface area contributed by atoms with Crippen molar-refractivity contribution >= 4 is 17.6 Å². The summed E-state index contributed by atoms with van der Waals surface area (Å²) in [4.78, 5) is 26.1. The molecule has 0 bridgehead atoms. The van der Waals surface area contributed by atoms with E-state index in [9.17, 15) is 9.59 Å². The molecule has 7 heteroatoms. The molecule has 0 aromatic heterocycles. The quantitative estimate of drug-likeness (QED) is 0.685. The molecule has 7 nitrogen and oxygen atoms in total. The summed E-state index contributed by atoms with van der Waals surface area (Å²) >= 11 is 0. The number of rotatable bonds is 6. The van der Waals surface area contributed by atoms with Gasteiger partial charge in [-0.1, -0.05) is 0 Å². The molecule has 24 heavy (non-hydrogen) atoms. The molecule has 0 radical (unpaired) electrons. The van der Waals surface area contributed by atoms with Crippen LogP contribution in [0, 0.1) is 0 Å². The molecular formula is C17H26N4O3. The van der Waals surface area contributed by atoms with Crippen LogP contribution in [0.25, 0.3) is 0 Å².